The van der Waals surface area contributed by atoms with Crippen molar-refractivity contribution in [3.05, 3.63) is 0 Å². The van der Waals surface area contributed by atoms with Crippen molar-refractivity contribution in [2.24, 2.45) is 0 Å². The van der Waals surface area contributed by atoms with Crippen LogP contribution in [0.2, 0.25) is 0 Å². The maximum absolute atomic E-state index is 3.65. The van der Waals surface area contributed by atoms with Crippen LogP contribution in [0.25, 0.3) is 0 Å². The minimum atomic E-state index is 0.751. The molecule has 0 amide bonds. The lowest BCUT2D eigenvalue weighted by molar-refractivity contribution is 0.0871. The zero-order valence-corrected chi connectivity index (χ0v) is 11.9. The predicted molar refractivity (Wildman–Crippen MR) is 75.9 cm³/mol. The lowest BCUT2D eigenvalue weighted by Crippen LogP contribution is -2.53. The summed E-state index contributed by atoms with van der Waals surface area (Å²) in [7, 11) is 0. The van der Waals surface area contributed by atoms with Gasteiger partial charge in [0.2, 0.25) is 0 Å². The number of likely N-dealkylation sites (N-methyl/N-ethyl adjacent to an activating group) is 1. The molecular formula is C15H29N3. The molecule has 3 unspecified atom stereocenters. The SMILES string of the molecule is CCNC1CCCN(C2CCN3CCCCC23)C1. The highest BCUT2D eigenvalue weighted by Crippen LogP contribution is 2.31. The van der Waals surface area contributed by atoms with Crippen LogP contribution in [0, 0.1) is 0 Å². The van der Waals surface area contributed by atoms with E-state index >= 15 is 0 Å². The maximum Gasteiger partial charge on any atom is 0.0264 e. The van der Waals surface area contributed by atoms with Gasteiger partial charge in [0.05, 0.1) is 0 Å². The van der Waals surface area contributed by atoms with Gasteiger partial charge in [-0.3, -0.25) is 9.80 Å². The smallest absolute Gasteiger partial charge is 0.0264 e. The number of rotatable bonds is 3. The van der Waals surface area contributed by atoms with Crippen LogP contribution in [0.4, 0.5) is 0 Å². The van der Waals surface area contributed by atoms with E-state index < -0.39 is 0 Å². The highest BCUT2D eigenvalue weighted by molar-refractivity contribution is 4.97. The van der Waals surface area contributed by atoms with Gasteiger partial charge in [-0.05, 0) is 51.7 Å². The Morgan fingerprint density at radius 2 is 1.72 bits per heavy atom. The van der Waals surface area contributed by atoms with E-state index in [-0.39, 0.29) is 0 Å². The first kappa shape index (κ1) is 12.9. The van der Waals surface area contributed by atoms with Crippen molar-refractivity contribution >= 4 is 0 Å². The van der Waals surface area contributed by atoms with Crippen LogP contribution in [-0.4, -0.2) is 60.6 Å². The molecular weight excluding hydrogens is 222 g/mol. The molecule has 3 heterocycles. The summed E-state index contributed by atoms with van der Waals surface area (Å²) in [5.74, 6) is 0. The first-order chi connectivity index (χ1) is 8.88. The minimum Gasteiger partial charge on any atom is -0.313 e. The molecule has 0 aliphatic carbocycles. The van der Waals surface area contributed by atoms with E-state index in [0.29, 0.717) is 0 Å². The zero-order chi connectivity index (χ0) is 12.4. The second-order valence-corrected chi connectivity index (χ2v) is 6.35. The van der Waals surface area contributed by atoms with Crippen molar-refractivity contribution in [1.82, 2.24) is 15.1 Å². The normalized spacial score (nSPS) is 38.8. The molecule has 0 spiro atoms. The third kappa shape index (κ3) is 2.59. The van der Waals surface area contributed by atoms with Crippen molar-refractivity contribution in [1.29, 1.82) is 0 Å². The van der Waals surface area contributed by atoms with Crippen molar-refractivity contribution < 1.29 is 0 Å². The summed E-state index contributed by atoms with van der Waals surface area (Å²) in [5, 5.41) is 3.65. The van der Waals surface area contributed by atoms with Crippen molar-refractivity contribution in [2.45, 2.75) is 63.6 Å². The lowest BCUT2D eigenvalue weighted by Gasteiger charge is -2.41. The van der Waals surface area contributed by atoms with Crippen molar-refractivity contribution in [2.75, 3.05) is 32.7 Å². The third-order valence-electron chi connectivity index (χ3n) is 5.24. The minimum absolute atomic E-state index is 0.751. The molecule has 3 nitrogen and oxygen atoms in total. The predicted octanol–water partition coefficient (Wildman–Crippen LogP) is 1.69. The lowest BCUT2D eigenvalue weighted by atomic mass is 9.95. The molecule has 104 valence electrons. The number of piperidine rings is 2. The first-order valence-corrected chi connectivity index (χ1v) is 8.10. The summed E-state index contributed by atoms with van der Waals surface area (Å²) < 4.78 is 0. The molecule has 3 aliphatic heterocycles. The summed E-state index contributed by atoms with van der Waals surface area (Å²) in [4.78, 5) is 5.58. The number of hydrogen-bond donors (Lipinski definition) is 1. The van der Waals surface area contributed by atoms with E-state index in [2.05, 4.69) is 22.0 Å². The number of nitrogens with zero attached hydrogens (tertiary/aromatic N) is 2. The Morgan fingerprint density at radius 3 is 2.61 bits per heavy atom. The van der Waals surface area contributed by atoms with Gasteiger partial charge in [-0.1, -0.05) is 13.3 Å². The summed E-state index contributed by atoms with van der Waals surface area (Å²) in [6.07, 6.45) is 8.54. The molecule has 3 rings (SSSR count). The average Bonchev–Trinajstić information content (AvgIpc) is 2.83. The fourth-order valence-corrected chi connectivity index (χ4v) is 4.41. The molecule has 18 heavy (non-hydrogen) atoms. The largest absolute Gasteiger partial charge is 0.313 e. The number of hydrogen-bond acceptors (Lipinski definition) is 3. The fraction of sp³-hybridized carbons (Fsp3) is 1.00. The standard InChI is InChI=1S/C15H29N3/c1-2-16-13-6-5-10-18(12-13)15-8-11-17-9-4-3-7-14(15)17/h13-16H,2-12H2,1H3. The Hall–Kier alpha value is -0.120. The molecule has 0 aromatic rings. The van der Waals surface area contributed by atoms with Crippen LogP contribution in [0.5, 0.6) is 0 Å². The van der Waals surface area contributed by atoms with Crippen molar-refractivity contribution in [3.63, 3.8) is 0 Å². The van der Waals surface area contributed by atoms with Crippen LogP contribution < -0.4 is 5.32 Å². The van der Waals surface area contributed by atoms with Gasteiger partial charge in [0.25, 0.3) is 0 Å². The fourth-order valence-electron chi connectivity index (χ4n) is 4.41. The molecule has 3 atom stereocenters. The quantitative estimate of drug-likeness (QED) is 0.823. The molecule has 1 N–H and O–H groups in total. The van der Waals surface area contributed by atoms with E-state index in [1.807, 2.05) is 0 Å². The summed E-state index contributed by atoms with van der Waals surface area (Å²) in [6, 6.07) is 2.51. The van der Waals surface area contributed by atoms with E-state index in [1.54, 1.807) is 0 Å². The molecule has 3 aliphatic rings. The third-order valence-corrected chi connectivity index (χ3v) is 5.24. The van der Waals surface area contributed by atoms with Crippen molar-refractivity contribution in [3.8, 4) is 0 Å². The first-order valence-electron chi connectivity index (χ1n) is 8.10. The second kappa shape index (κ2) is 5.89. The Morgan fingerprint density at radius 1 is 0.889 bits per heavy atom. The molecule has 0 aromatic heterocycles. The van der Waals surface area contributed by atoms with Gasteiger partial charge in [0.1, 0.15) is 0 Å². The van der Waals surface area contributed by atoms with Crippen LogP contribution >= 0.6 is 0 Å². The monoisotopic (exact) mass is 251 g/mol. The number of likely N-dealkylation sites (tertiary alicyclic amines) is 1. The number of fused-ring (bicyclic) bond motifs is 1. The summed E-state index contributed by atoms with van der Waals surface area (Å²) in [5.41, 5.74) is 0. The highest BCUT2D eigenvalue weighted by atomic mass is 15.3. The topological polar surface area (TPSA) is 18.5 Å². The Kier molecular flexibility index (Phi) is 4.22. The summed E-state index contributed by atoms with van der Waals surface area (Å²) >= 11 is 0. The van der Waals surface area contributed by atoms with E-state index in [1.165, 1.54) is 64.7 Å². The van der Waals surface area contributed by atoms with Crippen LogP contribution in [0.1, 0.15) is 45.4 Å². The molecule has 0 bridgehead atoms. The molecule has 0 saturated carbocycles. The Bertz CT molecular complexity index is 266. The van der Waals surface area contributed by atoms with Crippen LogP contribution in [0.15, 0.2) is 0 Å². The van der Waals surface area contributed by atoms with Gasteiger partial charge < -0.3 is 5.32 Å². The van der Waals surface area contributed by atoms with Gasteiger partial charge >= 0.3 is 0 Å². The van der Waals surface area contributed by atoms with Crippen LogP contribution in [-0.2, 0) is 0 Å². The second-order valence-electron chi connectivity index (χ2n) is 6.35. The molecule has 0 aromatic carbocycles. The van der Waals surface area contributed by atoms with Gasteiger partial charge in [-0.2, -0.15) is 0 Å². The van der Waals surface area contributed by atoms with Gasteiger partial charge in [0, 0.05) is 31.2 Å². The zero-order valence-electron chi connectivity index (χ0n) is 11.9. The number of nitrogens with one attached hydrogen (secondary N) is 1. The Labute approximate surface area is 112 Å². The van der Waals surface area contributed by atoms with Crippen LogP contribution in [0.3, 0.4) is 0 Å². The van der Waals surface area contributed by atoms with Gasteiger partial charge in [-0.25, -0.2) is 0 Å². The molecule has 3 fully saturated rings. The maximum atomic E-state index is 3.65. The molecule has 3 saturated heterocycles. The average molecular weight is 251 g/mol. The van der Waals surface area contributed by atoms with Gasteiger partial charge in [0.15, 0.2) is 0 Å². The van der Waals surface area contributed by atoms with E-state index in [0.717, 1.165) is 24.7 Å². The van der Waals surface area contributed by atoms with E-state index in [9.17, 15) is 0 Å². The summed E-state index contributed by atoms with van der Waals surface area (Å²) in [6.45, 7) is 8.72. The van der Waals surface area contributed by atoms with Gasteiger partial charge in [-0.15, -0.1) is 0 Å². The Balaban J connectivity index is 1.60. The highest BCUT2D eigenvalue weighted by Gasteiger charge is 2.39. The molecule has 3 heteroatoms. The molecule has 0 radical (unpaired) electrons. The van der Waals surface area contributed by atoms with E-state index in [4.69, 9.17) is 0 Å².